The molecule has 0 aromatic carbocycles. The first kappa shape index (κ1) is 32.4. The molecular formula is C17H40ClNO2. The van der Waals surface area contributed by atoms with Gasteiger partial charge in [0.25, 0.3) is 6.47 Å². The standard InChI is InChI=1S/C9H19N.C2H3Cl.2C2H6.CH2O2.CH4/c1-8(2)5-6-9-4-3-7-10-9;1-2-3;2*1-2;2-1-3;/h8-10H,3-7H2,1-2H3;2H,1H2;2*1-2H3;1H,(H,2,3);1H4. The summed E-state index contributed by atoms with van der Waals surface area (Å²) in [6.45, 7) is 16.7. The summed E-state index contributed by atoms with van der Waals surface area (Å²) in [5.74, 6) is 0.877. The summed E-state index contributed by atoms with van der Waals surface area (Å²) in [7, 11) is 0. The summed E-state index contributed by atoms with van der Waals surface area (Å²) < 4.78 is 0. The molecule has 4 heteroatoms. The highest BCUT2D eigenvalue weighted by atomic mass is 35.5. The van der Waals surface area contributed by atoms with Crippen molar-refractivity contribution in [2.24, 2.45) is 5.92 Å². The van der Waals surface area contributed by atoms with E-state index in [0.717, 1.165) is 12.0 Å². The average molecular weight is 326 g/mol. The molecule has 1 rings (SSSR count). The van der Waals surface area contributed by atoms with Gasteiger partial charge in [-0.05, 0) is 43.7 Å². The molecule has 0 aliphatic carbocycles. The Labute approximate surface area is 139 Å². The summed E-state index contributed by atoms with van der Waals surface area (Å²) >= 11 is 4.76. The molecule has 1 unspecified atom stereocenters. The van der Waals surface area contributed by atoms with Crippen molar-refractivity contribution in [1.29, 1.82) is 0 Å². The lowest BCUT2D eigenvalue weighted by Crippen LogP contribution is -2.21. The fourth-order valence-corrected chi connectivity index (χ4v) is 1.54. The number of rotatable bonds is 3. The predicted molar refractivity (Wildman–Crippen MR) is 99.3 cm³/mol. The SMILES string of the molecule is C.C=CCl.CC.CC.CC(C)CCC1CCCN1.O=CO. The molecule has 2 N–H and O–H groups in total. The van der Waals surface area contributed by atoms with Gasteiger partial charge in [-0.25, -0.2) is 0 Å². The monoisotopic (exact) mass is 325 g/mol. The van der Waals surface area contributed by atoms with Gasteiger partial charge in [-0.1, -0.05) is 67.1 Å². The first-order valence-corrected chi connectivity index (χ1v) is 8.08. The van der Waals surface area contributed by atoms with Gasteiger partial charge >= 0.3 is 0 Å². The smallest absolute Gasteiger partial charge is 0.290 e. The zero-order valence-corrected chi connectivity index (χ0v) is 15.0. The van der Waals surface area contributed by atoms with Gasteiger partial charge < -0.3 is 10.4 Å². The average Bonchev–Trinajstić information content (AvgIpc) is 2.96. The summed E-state index contributed by atoms with van der Waals surface area (Å²) in [6.07, 6.45) is 5.57. The zero-order valence-electron chi connectivity index (χ0n) is 14.3. The van der Waals surface area contributed by atoms with Gasteiger partial charge in [-0.3, -0.25) is 4.79 Å². The van der Waals surface area contributed by atoms with Crippen LogP contribution in [0.25, 0.3) is 0 Å². The fourth-order valence-electron chi connectivity index (χ4n) is 1.54. The van der Waals surface area contributed by atoms with Crippen LogP contribution >= 0.6 is 11.6 Å². The molecule has 0 aromatic heterocycles. The van der Waals surface area contributed by atoms with Crippen molar-refractivity contribution in [3.63, 3.8) is 0 Å². The van der Waals surface area contributed by atoms with Gasteiger partial charge in [0.2, 0.25) is 0 Å². The van der Waals surface area contributed by atoms with Crippen molar-refractivity contribution in [3.05, 3.63) is 12.1 Å². The van der Waals surface area contributed by atoms with Crippen LogP contribution in [0.3, 0.4) is 0 Å². The Balaban J connectivity index is -0.0000000660. The lowest BCUT2D eigenvalue weighted by atomic mass is 10.0. The maximum Gasteiger partial charge on any atom is 0.290 e. The van der Waals surface area contributed by atoms with Crippen LogP contribution in [-0.4, -0.2) is 24.2 Å². The van der Waals surface area contributed by atoms with Crippen LogP contribution in [-0.2, 0) is 4.79 Å². The molecule has 21 heavy (non-hydrogen) atoms. The lowest BCUT2D eigenvalue weighted by Gasteiger charge is -2.10. The Hall–Kier alpha value is -0.540. The maximum atomic E-state index is 8.36. The minimum atomic E-state index is -0.250. The molecule has 3 nitrogen and oxygen atoms in total. The van der Waals surface area contributed by atoms with E-state index in [1.54, 1.807) is 0 Å². The van der Waals surface area contributed by atoms with Crippen molar-refractivity contribution in [2.75, 3.05) is 6.54 Å². The normalized spacial score (nSPS) is 14.2. The second-order valence-corrected chi connectivity index (χ2v) is 4.33. The maximum absolute atomic E-state index is 8.36. The molecule has 0 saturated carbocycles. The summed E-state index contributed by atoms with van der Waals surface area (Å²) in [4.78, 5) is 8.36. The highest BCUT2D eigenvalue weighted by molar-refractivity contribution is 6.25. The third-order valence-corrected chi connectivity index (χ3v) is 2.25. The molecule has 0 radical (unpaired) electrons. The second-order valence-electron chi connectivity index (χ2n) is 4.02. The second kappa shape index (κ2) is 36.6. The van der Waals surface area contributed by atoms with E-state index in [2.05, 4.69) is 25.7 Å². The number of nitrogens with one attached hydrogen (secondary N) is 1. The largest absolute Gasteiger partial charge is 0.483 e. The summed E-state index contributed by atoms with van der Waals surface area (Å²) in [5, 5.41) is 10.4. The Bertz CT molecular complexity index is 153. The van der Waals surface area contributed by atoms with E-state index in [9.17, 15) is 0 Å². The van der Waals surface area contributed by atoms with Crippen molar-refractivity contribution in [3.8, 4) is 0 Å². The zero-order chi connectivity index (χ0) is 16.8. The van der Waals surface area contributed by atoms with E-state index < -0.39 is 0 Å². The van der Waals surface area contributed by atoms with Crippen LogP contribution < -0.4 is 5.32 Å². The van der Waals surface area contributed by atoms with E-state index in [0.29, 0.717) is 0 Å². The molecule has 0 amide bonds. The van der Waals surface area contributed by atoms with Gasteiger partial charge in [0.15, 0.2) is 0 Å². The van der Waals surface area contributed by atoms with E-state index in [1.807, 2.05) is 27.7 Å². The predicted octanol–water partition coefficient (Wildman–Crippen LogP) is 5.93. The number of hydrogen-bond acceptors (Lipinski definition) is 2. The Morgan fingerprint density at radius 3 is 1.95 bits per heavy atom. The minimum Gasteiger partial charge on any atom is -0.483 e. The molecule has 1 saturated heterocycles. The molecular weight excluding hydrogens is 286 g/mol. The Morgan fingerprint density at radius 2 is 1.71 bits per heavy atom. The molecule has 1 atom stereocenters. The topological polar surface area (TPSA) is 49.3 Å². The number of carboxylic acid groups (broad SMARTS) is 1. The molecule has 0 aromatic rings. The molecule has 1 heterocycles. The van der Waals surface area contributed by atoms with Crippen LogP contribution in [0, 0.1) is 5.92 Å². The van der Waals surface area contributed by atoms with E-state index >= 15 is 0 Å². The van der Waals surface area contributed by atoms with Crippen LogP contribution in [0.4, 0.5) is 0 Å². The summed E-state index contributed by atoms with van der Waals surface area (Å²) in [5.41, 5.74) is 1.22. The number of halogens is 1. The Morgan fingerprint density at radius 1 is 1.33 bits per heavy atom. The van der Waals surface area contributed by atoms with Gasteiger partial charge in [0.05, 0.1) is 0 Å². The van der Waals surface area contributed by atoms with Gasteiger partial charge in [-0.2, -0.15) is 0 Å². The highest BCUT2D eigenvalue weighted by Crippen LogP contribution is 2.13. The first-order valence-electron chi connectivity index (χ1n) is 7.64. The van der Waals surface area contributed by atoms with E-state index in [1.165, 1.54) is 37.8 Å². The fraction of sp³-hybridized carbons (Fsp3) is 0.824. The third kappa shape index (κ3) is 45.2. The highest BCUT2D eigenvalue weighted by Gasteiger charge is 2.13. The van der Waals surface area contributed by atoms with Crippen LogP contribution in [0.5, 0.6) is 0 Å². The quantitative estimate of drug-likeness (QED) is 0.632. The van der Waals surface area contributed by atoms with Gasteiger partial charge in [-0.15, -0.1) is 0 Å². The third-order valence-electron chi connectivity index (χ3n) is 2.25. The molecule has 1 fully saturated rings. The lowest BCUT2D eigenvalue weighted by molar-refractivity contribution is -0.122. The molecule has 1 aliphatic heterocycles. The van der Waals surface area contributed by atoms with E-state index in [-0.39, 0.29) is 13.9 Å². The van der Waals surface area contributed by atoms with Crippen LogP contribution in [0.2, 0.25) is 0 Å². The van der Waals surface area contributed by atoms with Gasteiger partial charge in [0, 0.05) is 6.04 Å². The van der Waals surface area contributed by atoms with Gasteiger partial charge in [0.1, 0.15) is 0 Å². The Kier molecular flexibility index (Phi) is 56.5. The first-order chi connectivity index (χ1) is 9.62. The van der Waals surface area contributed by atoms with Crippen molar-refractivity contribution < 1.29 is 9.90 Å². The number of carbonyl (C=O) groups is 1. The van der Waals surface area contributed by atoms with Crippen LogP contribution in [0.15, 0.2) is 12.1 Å². The van der Waals surface area contributed by atoms with Crippen molar-refractivity contribution in [1.82, 2.24) is 5.32 Å². The molecule has 1 aliphatic rings. The molecule has 0 bridgehead atoms. The summed E-state index contributed by atoms with van der Waals surface area (Å²) in [6, 6.07) is 0.849. The molecule has 0 spiro atoms. The van der Waals surface area contributed by atoms with E-state index in [4.69, 9.17) is 21.5 Å². The van der Waals surface area contributed by atoms with Crippen LogP contribution in [0.1, 0.15) is 74.7 Å². The number of hydrogen-bond donors (Lipinski definition) is 2. The van der Waals surface area contributed by atoms with Crippen molar-refractivity contribution in [2.45, 2.75) is 80.7 Å². The van der Waals surface area contributed by atoms with Crippen molar-refractivity contribution >= 4 is 18.1 Å². The minimum absolute atomic E-state index is 0. The molecule has 132 valence electrons.